The minimum atomic E-state index is -0.757. The van der Waals surface area contributed by atoms with Crippen molar-refractivity contribution in [2.45, 2.75) is 26.4 Å². The second-order valence-electron chi connectivity index (χ2n) is 5.39. The Kier molecular flexibility index (Phi) is 4.15. The smallest absolute Gasteiger partial charge is 0.428 e. The van der Waals surface area contributed by atoms with Gasteiger partial charge in [-0.15, -0.1) is 0 Å². The molecule has 22 heavy (non-hydrogen) atoms. The molecule has 0 fully saturated rings. The zero-order valence-corrected chi connectivity index (χ0v) is 12.3. The lowest BCUT2D eigenvalue weighted by Crippen LogP contribution is -2.29. The molecule has 0 saturated heterocycles. The maximum atomic E-state index is 11.4. The molecule has 0 radical (unpaired) electrons. The van der Waals surface area contributed by atoms with E-state index in [4.69, 9.17) is 14.2 Å². The van der Waals surface area contributed by atoms with Gasteiger partial charge in [0.1, 0.15) is 5.60 Å². The minimum absolute atomic E-state index is 0.00322. The fourth-order valence-electron chi connectivity index (χ4n) is 1.66. The predicted octanol–water partition coefficient (Wildman–Crippen LogP) is 2.18. The molecule has 0 unspecified atom stereocenters. The van der Waals surface area contributed by atoms with Gasteiger partial charge in [-0.05, 0) is 26.8 Å². The van der Waals surface area contributed by atoms with Crippen molar-refractivity contribution >= 4 is 18.0 Å². The number of nitrogens with one attached hydrogen (secondary N) is 1. The molecule has 1 amide bonds. The fraction of sp³-hybridized carbons (Fsp3) is 0.385. The lowest BCUT2D eigenvalue weighted by molar-refractivity contribution is -0.385. The maximum Gasteiger partial charge on any atom is 0.428 e. The van der Waals surface area contributed by atoms with Crippen molar-refractivity contribution in [1.82, 2.24) is 5.43 Å². The Labute approximate surface area is 126 Å². The molecule has 1 aromatic rings. The highest BCUT2D eigenvalue weighted by molar-refractivity contribution is 5.87. The van der Waals surface area contributed by atoms with Gasteiger partial charge in [-0.25, -0.2) is 10.2 Å². The number of carbonyl (C=O) groups is 1. The molecule has 1 aliphatic rings. The molecule has 0 aliphatic carbocycles. The van der Waals surface area contributed by atoms with Gasteiger partial charge in [0.25, 0.3) is 5.69 Å². The third-order valence-corrected chi connectivity index (χ3v) is 2.48. The Morgan fingerprint density at radius 2 is 2.05 bits per heavy atom. The van der Waals surface area contributed by atoms with Crippen LogP contribution in [0.1, 0.15) is 26.3 Å². The molecule has 2 rings (SSSR count). The van der Waals surface area contributed by atoms with E-state index in [1.807, 2.05) is 0 Å². The molecular formula is C13H15N3O6. The van der Waals surface area contributed by atoms with E-state index in [2.05, 4.69) is 10.5 Å². The highest BCUT2D eigenvalue weighted by atomic mass is 16.7. The molecule has 9 heteroatoms. The van der Waals surface area contributed by atoms with E-state index in [0.717, 1.165) is 6.21 Å². The highest BCUT2D eigenvalue weighted by Gasteiger charge is 2.22. The second-order valence-corrected chi connectivity index (χ2v) is 5.39. The van der Waals surface area contributed by atoms with Gasteiger partial charge in [0.05, 0.1) is 22.8 Å². The Bertz CT molecular complexity index is 635. The van der Waals surface area contributed by atoms with Crippen molar-refractivity contribution in [3.8, 4) is 11.5 Å². The summed E-state index contributed by atoms with van der Waals surface area (Å²) in [4.78, 5) is 21.9. The molecule has 1 heterocycles. The van der Waals surface area contributed by atoms with Crippen LogP contribution >= 0.6 is 0 Å². The fourth-order valence-corrected chi connectivity index (χ4v) is 1.66. The molecule has 0 atom stereocenters. The van der Waals surface area contributed by atoms with Crippen LogP contribution in [0.2, 0.25) is 0 Å². The van der Waals surface area contributed by atoms with Gasteiger partial charge in [-0.2, -0.15) is 5.10 Å². The number of hydrogen-bond acceptors (Lipinski definition) is 7. The summed E-state index contributed by atoms with van der Waals surface area (Å²) < 4.78 is 15.2. The molecule has 1 aliphatic heterocycles. The Morgan fingerprint density at radius 1 is 1.41 bits per heavy atom. The highest BCUT2D eigenvalue weighted by Crippen LogP contribution is 2.37. The van der Waals surface area contributed by atoms with E-state index in [-0.39, 0.29) is 18.0 Å². The van der Waals surface area contributed by atoms with Crippen molar-refractivity contribution in [3.63, 3.8) is 0 Å². The van der Waals surface area contributed by atoms with Crippen molar-refractivity contribution in [3.05, 3.63) is 27.8 Å². The van der Waals surface area contributed by atoms with E-state index < -0.39 is 16.6 Å². The number of ether oxygens (including phenoxy) is 3. The summed E-state index contributed by atoms with van der Waals surface area (Å²) >= 11 is 0. The summed E-state index contributed by atoms with van der Waals surface area (Å²) in [6.45, 7) is 5.13. The number of hydrogen-bond donors (Lipinski definition) is 1. The van der Waals surface area contributed by atoms with Crippen LogP contribution in [0.5, 0.6) is 11.5 Å². The molecule has 118 valence electrons. The van der Waals surface area contributed by atoms with Crippen LogP contribution in [-0.2, 0) is 4.74 Å². The first-order chi connectivity index (χ1) is 10.3. The van der Waals surface area contributed by atoms with Gasteiger partial charge >= 0.3 is 6.09 Å². The van der Waals surface area contributed by atoms with Gasteiger partial charge in [-0.3, -0.25) is 10.1 Å². The number of nitrogens with zero attached hydrogens (tertiary/aromatic N) is 2. The summed E-state index contributed by atoms with van der Waals surface area (Å²) in [7, 11) is 0. The van der Waals surface area contributed by atoms with Gasteiger partial charge in [-0.1, -0.05) is 0 Å². The van der Waals surface area contributed by atoms with Crippen LogP contribution in [0.15, 0.2) is 17.2 Å². The first-order valence-electron chi connectivity index (χ1n) is 6.36. The molecular weight excluding hydrogens is 294 g/mol. The Balaban J connectivity index is 2.13. The summed E-state index contributed by atoms with van der Waals surface area (Å²) in [5, 5.41) is 14.7. The summed E-state index contributed by atoms with van der Waals surface area (Å²) in [5.41, 5.74) is 1.44. The Hall–Kier alpha value is -2.84. The van der Waals surface area contributed by atoms with Crippen molar-refractivity contribution in [2.75, 3.05) is 6.79 Å². The van der Waals surface area contributed by atoms with E-state index in [0.29, 0.717) is 11.5 Å². The lowest BCUT2D eigenvalue weighted by atomic mass is 10.1. The molecule has 1 N–H and O–H groups in total. The van der Waals surface area contributed by atoms with E-state index in [1.165, 1.54) is 12.1 Å². The van der Waals surface area contributed by atoms with Crippen molar-refractivity contribution < 1.29 is 23.9 Å². The minimum Gasteiger partial charge on any atom is -0.454 e. The number of amides is 1. The maximum absolute atomic E-state index is 11.4. The van der Waals surface area contributed by atoms with Crippen LogP contribution in [0.3, 0.4) is 0 Å². The zero-order valence-electron chi connectivity index (χ0n) is 12.3. The third-order valence-electron chi connectivity index (χ3n) is 2.48. The van der Waals surface area contributed by atoms with E-state index in [9.17, 15) is 14.9 Å². The monoisotopic (exact) mass is 309 g/mol. The van der Waals surface area contributed by atoms with Crippen LogP contribution in [0, 0.1) is 10.1 Å². The van der Waals surface area contributed by atoms with Crippen molar-refractivity contribution in [1.29, 1.82) is 0 Å². The molecule has 0 spiro atoms. The topological polar surface area (TPSA) is 112 Å². The standard InChI is InChI=1S/C13H15N3O6/c1-13(2,3)22-12(17)15-14-6-8-4-10-11(21-7-20-10)5-9(8)16(18)19/h4-6H,7H2,1-3H3,(H,15,17)/b14-6-. The number of benzene rings is 1. The number of hydrazone groups is 1. The number of carbonyl (C=O) groups excluding carboxylic acids is 1. The quantitative estimate of drug-likeness (QED) is 0.520. The van der Waals surface area contributed by atoms with Gasteiger partial charge in [0.2, 0.25) is 6.79 Å². The summed E-state index contributed by atoms with van der Waals surface area (Å²) in [6.07, 6.45) is 0.386. The largest absolute Gasteiger partial charge is 0.454 e. The van der Waals surface area contributed by atoms with Gasteiger partial charge in [0.15, 0.2) is 11.5 Å². The van der Waals surface area contributed by atoms with Crippen LogP contribution in [0.25, 0.3) is 0 Å². The molecule has 9 nitrogen and oxygen atoms in total. The van der Waals surface area contributed by atoms with Crippen LogP contribution in [0.4, 0.5) is 10.5 Å². The number of fused-ring (bicyclic) bond motifs is 1. The lowest BCUT2D eigenvalue weighted by Gasteiger charge is -2.18. The van der Waals surface area contributed by atoms with E-state index >= 15 is 0 Å². The third kappa shape index (κ3) is 3.84. The average Bonchev–Trinajstić information content (AvgIpc) is 2.82. The predicted molar refractivity (Wildman–Crippen MR) is 76.2 cm³/mol. The molecule has 0 bridgehead atoms. The number of nitro benzene ring substituents is 1. The summed E-state index contributed by atoms with van der Waals surface area (Å²) in [6, 6.07) is 2.66. The average molecular weight is 309 g/mol. The number of nitro groups is 1. The molecule has 0 aromatic heterocycles. The van der Waals surface area contributed by atoms with Gasteiger partial charge < -0.3 is 14.2 Å². The zero-order chi connectivity index (χ0) is 16.3. The molecule has 1 aromatic carbocycles. The van der Waals surface area contributed by atoms with Crippen molar-refractivity contribution in [2.24, 2.45) is 5.10 Å². The normalized spacial score (nSPS) is 13.2. The Morgan fingerprint density at radius 3 is 2.64 bits per heavy atom. The second kappa shape index (κ2) is 5.88. The van der Waals surface area contributed by atoms with Crippen LogP contribution in [-0.4, -0.2) is 29.6 Å². The first-order valence-corrected chi connectivity index (χ1v) is 6.36. The van der Waals surface area contributed by atoms with Crippen LogP contribution < -0.4 is 14.9 Å². The SMILES string of the molecule is CC(C)(C)OC(=O)N/N=C\c1cc2c(cc1[N+](=O)[O-])OCO2. The first kappa shape index (κ1) is 15.5. The van der Waals surface area contributed by atoms with Gasteiger partial charge in [0, 0.05) is 0 Å². The summed E-state index contributed by atoms with van der Waals surface area (Å²) in [5.74, 6) is 0.674. The molecule has 0 saturated carbocycles. The number of rotatable bonds is 3. The van der Waals surface area contributed by atoms with E-state index in [1.54, 1.807) is 20.8 Å².